The number of benzene rings is 1. The average molecular weight is 332 g/mol. The second-order valence-corrected chi connectivity index (χ2v) is 6.25. The molecule has 2 heterocycles. The molecule has 2 aromatic rings. The second-order valence-electron chi connectivity index (χ2n) is 5.39. The highest BCUT2D eigenvalue weighted by Crippen LogP contribution is 2.26. The molecule has 120 valence electrons. The quantitative estimate of drug-likeness (QED) is 0.898. The number of hydrogen-bond donors (Lipinski definition) is 2. The fourth-order valence-corrected chi connectivity index (χ4v) is 3.22. The summed E-state index contributed by atoms with van der Waals surface area (Å²) in [4.78, 5) is 27.4. The first-order valence-corrected chi connectivity index (χ1v) is 8.12. The molecule has 0 saturated carbocycles. The molecule has 6 nitrogen and oxygen atoms in total. The van der Waals surface area contributed by atoms with Crippen molar-refractivity contribution >= 4 is 28.9 Å². The first kappa shape index (κ1) is 15.6. The van der Waals surface area contributed by atoms with E-state index >= 15 is 0 Å². The van der Waals surface area contributed by atoms with Gasteiger partial charge in [0.1, 0.15) is 11.1 Å². The van der Waals surface area contributed by atoms with E-state index in [9.17, 15) is 9.59 Å². The van der Waals surface area contributed by atoms with Crippen LogP contribution in [0, 0.1) is 6.92 Å². The van der Waals surface area contributed by atoms with E-state index in [1.165, 1.54) is 0 Å². The summed E-state index contributed by atoms with van der Waals surface area (Å²) in [5.74, 6) is -1.34. The maximum atomic E-state index is 12.1. The average Bonchev–Trinajstić information content (AvgIpc) is 3.17. The summed E-state index contributed by atoms with van der Waals surface area (Å²) in [6, 6.07) is 7.38. The normalized spacial score (nSPS) is 20.4. The number of aryl methyl sites for hydroxylation is 1. The third kappa shape index (κ3) is 3.57. The zero-order valence-corrected chi connectivity index (χ0v) is 13.3. The highest BCUT2D eigenvalue weighted by Gasteiger charge is 2.34. The summed E-state index contributed by atoms with van der Waals surface area (Å²) < 4.78 is 5.23. The van der Waals surface area contributed by atoms with Crippen LogP contribution >= 0.6 is 11.3 Å². The molecule has 0 radical (unpaired) electrons. The number of aromatic nitrogens is 1. The largest absolute Gasteiger partial charge is 0.479 e. The maximum absolute atomic E-state index is 12.1. The highest BCUT2D eigenvalue weighted by molar-refractivity contribution is 7.13. The number of carboxylic acids is 1. The standard InChI is InChI=1S/C16H16N2O4S/c1-9-8-23-15(17-9)10-2-4-11(5-3-10)18-14(19)12-6-7-13(22-12)16(20)21/h2-5,8,12-13H,6-7H2,1H3,(H,18,19)(H,20,21)/t12-,13+/m0/s1. The zero-order valence-electron chi connectivity index (χ0n) is 12.5. The van der Waals surface area contributed by atoms with Gasteiger partial charge in [0.15, 0.2) is 6.10 Å². The molecule has 1 saturated heterocycles. The van der Waals surface area contributed by atoms with Crippen molar-refractivity contribution in [1.29, 1.82) is 0 Å². The highest BCUT2D eigenvalue weighted by atomic mass is 32.1. The number of carbonyl (C=O) groups excluding carboxylic acids is 1. The van der Waals surface area contributed by atoms with Crippen molar-refractivity contribution in [2.24, 2.45) is 0 Å². The fourth-order valence-electron chi connectivity index (χ4n) is 2.42. The van der Waals surface area contributed by atoms with E-state index in [4.69, 9.17) is 9.84 Å². The van der Waals surface area contributed by atoms with E-state index in [2.05, 4.69) is 10.3 Å². The van der Waals surface area contributed by atoms with Crippen LogP contribution in [0.15, 0.2) is 29.6 Å². The number of hydrogen-bond acceptors (Lipinski definition) is 5. The Morgan fingerprint density at radius 2 is 1.96 bits per heavy atom. The number of thiazole rings is 1. The molecule has 0 unspecified atom stereocenters. The summed E-state index contributed by atoms with van der Waals surface area (Å²) in [6.45, 7) is 1.95. The molecule has 1 amide bonds. The van der Waals surface area contributed by atoms with E-state index in [1.807, 2.05) is 24.4 Å². The van der Waals surface area contributed by atoms with Gasteiger partial charge in [-0.1, -0.05) is 0 Å². The lowest BCUT2D eigenvalue weighted by atomic mass is 10.1. The van der Waals surface area contributed by atoms with Crippen LogP contribution in [0.25, 0.3) is 10.6 Å². The van der Waals surface area contributed by atoms with Crippen LogP contribution in [-0.2, 0) is 14.3 Å². The number of ether oxygens (including phenoxy) is 1. The predicted molar refractivity (Wildman–Crippen MR) is 86.4 cm³/mol. The number of carbonyl (C=O) groups is 2. The molecule has 2 N–H and O–H groups in total. The van der Waals surface area contributed by atoms with Crippen molar-refractivity contribution in [3.8, 4) is 10.6 Å². The van der Waals surface area contributed by atoms with Crippen molar-refractivity contribution in [3.05, 3.63) is 35.3 Å². The summed E-state index contributed by atoms with van der Waals surface area (Å²) in [5.41, 5.74) is 2.62. The fraction of sp³-hybridized carbons (Fsp3) is 0.312. The maximum Gasteiger partial charge on any atom is 0.332 e. The van der Waals surface area contributed by atoms with E-state index in [1.54, 1.807) is 23.5 Å². The Bertz CT molecular complexity index is 726. The van der Waals surface area contributed by atoms with Crippen molar-refractivity contribution in [2.75, 3.05) is 5.32 Å². The van der Waals surface area contributed by atoms with Crippen LogP contribution in [-0.4, -0.2) is 34.2 Å². The molecular formula is C16H16N2O4S. The lowest BCUT2D eigenvalue weighted by Crippen LogP contribution is -2.29. The number of carboxylic acid groups (broad SMARTS) is 1. The van der Waals surface area contributed by atoms with Crippen LogP contribution in [0.3, 0.4) is 0 Å². The minimum absolute atomic E-state index is 0.313. The van der Waals surface area contributed by atoms with Gasteiger partial charge in [0.2, 0.25) is 0 Å². The van der Waals surface area contributed by atoms with Gasteiger partial charge < -0.3 is 15.2 Å². The number of aliphatic carboxylic acids is 1. The van der Waals surface area contributed by atoms with Crippen LogP contribution < -0.4 is 5.32 Å². The molecule has 1 aliphatic rings. The Morgan fingerprint density at radius 1 is 1.26 bits per heavy atom. The molecule has 1 aliphatic heterocycles. The molecule has 0 bridgehead atoms. The monoisotopic (exact) mass is 332 g/mol. The topological polar surface area (TPSA) is 88.5 Å². The molecule has 1 aromatic carbocycles. The molecule has 0 spiro atoms. The van der Waals surface area contributed by atoms with Gasteiger partial charge in [0.05, 0.1) is 0 Å². The van der Waals surface area contributed by atoms with Crippen LogP contribution in [0.1, 0.15) is 18.5 Å². The van der Waals surface area contributed by atoms with Gasteiger partial charge in [-0.05, 0) is 44.0 Å². The first-order valence-electron chi connectivity index (χ1n) is 7.24. The number of nitrogens with one attached hydrogen (secondary N) is 1. The molecule has 1 fully saturated rings. The number of anilines is 1. The third-order valence-electron chi connectivity index (χ3n) is 3.61. The molecule has 1 aromatic heterocycles. The van der Waals surface area contributed by atoms with Crippen molar-refractivity contribution in [2.45, 2.75) is 32.0 Å². The van der Waals surface area contributed by atoms with E-state index in [0.29, 0.717) is 18.5 Å². The minimum atomic E-state index is -1.02. The lowest BCUT2D eigenvalue weighted by Gasteiger charge is -2.12. The molecule has 2 atom stereocenters. The van der Waals surface area contributed by atoms with Crippen LogP contribution in [0.2, 0.25) is 0 Å². The summed E-state index contributed by atoms with van der Waals surface area (Å²) in [6.07, 6.45) is -0.826. The summed E-state index contributed by atoms with van der Waals surface area (Å²) in [5, 5.41) is 14.6. The zero-order chi connectivity index (χ0) is 16.4. The van der Waals surface area contributed by atoms with Gasteiger partial charge >= 0.3 is 5.97 Å². The van der Waals surface area contributed by atoms with Crippen LogP contribution in [0.5, 0.6) is 0 Å². The van der Waals surface area contributed by atoms with Crippen LogP contribution in [0.4, 0.5) is 5.69 Å². The number of rotatable bonds is 4. The molecular weight excluding hydrogens is 316 g/mol. The Hall–Kier alpha value is -2.25. The molecule has 23 heavy (non-hydrogen) atoms. The van der Waals surface area contributed by atoms with Gasteiger partial charge in [-0.2, -0.15) is 0 Å². The Labute approximate surface area is 137 Å². The third-order valence-corrected chi connectivity index (χ3v) is 4.62. The van der Waals surface area contributed by atoms with Gasteiger partial charge in [0, 0.05) is 22.3 Å². The Balaban J connectivity index is 1.62. The second kappa shape index (κ2) is 6.47. The van der Waals surface area contributed by atoms with E-state index in [-0.39, 0.29) is 5.91 Å². The first-order chi connectivity index (χ1) is 11.0. The van der Waals surface area contributed by atoms with Crippen molar-refractivity contribution in [1.82, 2.24) is 4.98 Å². The molecule has 3 rings (SSSR count). The van der Waals surface area contributed by atoms with Gasteiger partial charge in [-0.15, -0.1) is 11.3 Å². The number of amides is 1. The Kier molecular flexibility index (Phi) is 4.40. The van der Waals surface area contributed by atoms with E-state index in [0.717, 1.165) is 16.3 Å². The number of nitrogens with zero attached hydrogens (tertiary/aromatic N) is 1. The SMILES string of the molecule is Cc1csc(-c2ccc(NC(=O)[C@@H]3CC[C@H](C(=O)O)O3)cc2)n1. The minimum Gasteiger partial charge on any atom is -0.479 e. The Morgan fingerprint density at radius 3 is 2.52 bits per heavy atom. The molecule has 7 heteroatoms. The summed E-state index contributed by atoms with van der Waals surface area (Å²) >= 11 is 1.57. The predicted octanol–water partition coefficient (Wildman–Crippen LogP) is 2.69. The van der Waals surface area contributed by atoms with E-state index < -0.39 is 18.2 Å². The van der Waals surface area contributed by atoms with Crippen molar-refractivity contribution < 1.29 is 19.4 Å². The molecule has 0 aliphatic carbocycles. The van der Waals surface area contributed by atoms with Crippen molar-refractivity contribution in [3.63, 3.8) is 0 Å². The summed E-state index contributed by atoms with van der Waals surface area (Å²) in [7, 11) is 0. The lowest BCUT2D eigenvalue weighted by molar-refractivity contribution is -0.150. The van der Waals surface area contributed by atoms with Gasteiger partial charge in [-0.3, -0.25) is 4.79 Å². The van der Waals surface area contributed by atoms with Gasteiger partial charge in [0.25, 0.3) is 5.91 Å². The van der Waals surface area contributed by atoms with Gasteiger partial charge in [-0.25, -0.2) is 9.78 Å². The smallest absolute Gasteiger partial charge is 0.332 e.